The second-order valence-electron chi connectivity index (χ2n) is 5.71. The number of hydrogen-bond donors (Lipinski definition) is 2. The first-order valence-corrected chi connectivity index (χ1v) is 9.27. The van der Waals surface area contributed by atoms with E-state index in [2.05, 4.69) is 35.8 Å². The molecule has 5 nitrogen and oxygen atoms in total. The molecule has 0 bridgehead atoms. The Bertz CT molecular complexity index is 872. The summed E-state index contributed by atoms with van der Waals surface area (Å²) in [6.45, 7) is 2.72. The summed E-state index contributed by atoms with van der Waals surface area (Å²) in [6, 6.07) is 14.1. The Morgan fingerprint density at radius 1 is 1.17 bits per heavy atom. The van der Waals surface area contributed by atoms with E-state index in [-0.39, 0.29) is 5.75 Å². The third kappa shape index (κ3) is 3.40. The largest absolute Gasteiger partial charge is 0.330 e. The number of nitrogens with zero attached hydrogens (tertiary/aromatic N) is 2. The summed E-state index contributed by atoms with van der Waals surface area (Å²) in [7, 11) is 0. The molecule has 3 N–H and O–H groups in total. The minimum absolute atomic E-state index is 0.123. The predicted molar refractivity (Wildman–Crippen MR) is 97.7 cm³/mol. The van der Waals surface area contributed by atoms with Gasteiger partial charge in [-0.2, -0.15) is 0 Å². The summed E-state index contributed by atoms with van der Waals surface area (Å²) >= 11 is -1.85. The molecule has 1 heterocycles. The SMILES string of the molecule is CCc1nc2cc(CS(=O)O)ccc2n1-c1ccc(CCN)cc1. The first-order valence-electron chi connectivity index (χ1n) is 7.99. The maximum absolute atomic E-state index is 11.0. The quantitative estimate of drug-likeness (QED) is 0.674. The van der Waals surface area contributed by atoms with Gasteiger partial charge in [0.1, 0.15) is 5.82 Å². The molecule has 0 saturated heterocycles. The molecule has 1 atom stereocenters. The molecule has 1 aromatic heterocycles. The summed E-state index contributed by atoms with van der Waals surface area (Å²) in [5.41, 5.74) is 10.6. The molecule has 126 valence electrons. The van der Waals surface area contributed by atoms with E-state index in [9.17, 15) is 4.21 Å². The lowest BCUT2D eigenvalue weighted by atomic mass is 10.1. The smallest absolute Gasteiger partial charge is 0.157 e. The van der Waals surface area contributed by atoms with Crippen LogP contribution in [0.1, 0.15) is 23.9 Å². The van der Waals surface area contributed by atoms with Crippen LogP contribution in [0.2, 0.25) is 0 Å². The van der Waals surface area contributed by atoms with Crippen LogP contribution in [0, 0.1) is 0 Å². The Balaban J connectivity index is 2.07. The predicted octanol–water partition coefficient (Wildman–Crippen LogP) is 2.81. The van der Waals surface area contributed by atoms with Crippen LogP contribution in [-0.4, -0.2) is 24.9 Å². The van der Waals surface area contributed by atoms with E-state index in [1.54, 1.807) is 0 Å². The second kappa shape index (κ2) is 7.25. The number of aromatic nitrogens is 2. The van der Waals surface area contributed by atoms with Gasteiger partial charge in [0.25, 0.3) is 0 Å². The van der Waals surface area contributed by atoms with Crippen LogP contribution in [-0.2, 0) is 29.7 Å². The van der Waals surface area contributed by atoms with Crippen molar-refractivity contribution < 1.29 is 8.76 Å². The fourth-order valence-corrected chi connectivity index (χ4v) is 3.38. The molecular formula is C18H21N3O2S. The minimum Gasteiger partial charge on any atom is -0.330 e. The molecule has 0 aliphatic carbocycles. The molecule has 6 heteroatoms. The molecule has 1 unspecified atom stereocenters. The highest BCUT2D eigenvalue weighted by Crippen LogP contribution is 2.24. The first-order chi connectivity index (χ1) is 11.6. The Hall–Kier alpha value is -2.02. The third-order valence-corrected chi connectivity index (χ3v) is 4.60. The van der Waals surface area contributed by atoms with Crippen LogP contribution in [0.4, 0.5) is 0 Å². The molecule has 0 aliphatic rings. The summed E-state index contributed by atoms with van der Waals surface area (Å²) < 4.78 is 22.2. The van der Waals surface area contributed by atoms with Gasteiger partial charge in [-0.1, -0.05) is 25.1 Å². The van der Waals surface area contributed by atoms with E-state index in [0.717, 1.165) is 41.0 Å². The third-order valence-electron chi connectivity index (χ3n) is 4.02. The maximum atomic E-state index is 11.0. The lowest BCUT2D eigenvalue weighted by molar-refractivity contribution is 0.563. The first kappa shape index (κ1) is 16.8. The molecular weight excluding hydrogens is 322 g/mol. The van der Waals surface area contributed by atoms with Crippen LogP contribution in [0.5, 0.6) is 0 Å². The van der Waals surface area contributed by atoms with E-state index in [1.165, 1.54) is 5.56 Å². The summed E-state index contributed by atoms with van der Waals surface area (Å²) in [5, 5.41) is 0. The van der Waals surface area contributed by atoms with Crippen molar-refractivity contribution in [2.45, 2.75) is 25.5 Å². The number of hydrogen-bond acceptors (Lipinski definition) is 3. The highest BCUT2D eigenvalue weighted by molar-refractivity contribution is 7.78. The molecule has 2 aromatic carbocycles. The number of benzene rings is 2. The van der Waals surface area contributed by atoms with Crippen LogP contribution in [0.25, 0.3) is 16.7 Å². The molecule has 3 aromatic rings. The average Bonchev–Trinajstić information content (AvgIpc) is 2.93. The zero-order chi connectivity index (χ0) is 17.1. The van der Waals surface area contributed by atoms with Crippen molar-refractivity contribution in [1.82, 2.24) is 9.55 Å². The Kier molecular flexibility index (Phi) is 5.08. The summed E-state index contributed by atoms with van der Waals surface area (Å²) in [4.78, 5) is 4.70. The number of imidazole rings is 1. The van der Waals surface area contributed by atoms with Crippen LogP contribution in [0.15, 0.2) is 42.5 Å². The topological polar surface area (TPSA) is 81.1 Å². The molecule has 0 aliphatic heterocycles. The molecule has 3 rings (SSSR count). The van der Waals surface area contributed by atoms with Crippen molar-refractivity contribution in [3.05, 3.63) is 59.4 Å². The lowest BCUT2D eigenvalue weighted by Crippen LogP contribution is -2.03. The van der Waals surface area contributed by atoms with E-state index < -0.39 is 11.1 Å². The Morgan fingerprint density at radius 2 is 1.88 bits per heavy atom. The van der Waals surface area contributed by atoms with Crippen molar-refractivity contribution in [1.29, 1.82) is 0 Å². The van der Waals surface area contributed by atoms with E-state index >= 15 is 0 Å². The van der Waals surface area contributed by atoms with Crippen LogP contribution >= 0.6 is 0 Å². The van der Waals surface area contributed by atoms with Crippen molar-refractivity contribution in [3.8, 4) is 5.69 Å². The second-order valence-corrected chi connectivity index (χ2v) is 6.64. The fourth-order valence-electron chi connectivity index (χ4n) is 2.91. The van der Waals surface area contributed by atoms with E-state index in [0.29, 0.717) is 6.54 Å². The van der Waals surface area contributed by atoms with Crippen LogP contribution in [0.3, 0.4) is 0 Å². The minimum atomic E-state index is -1.85. The molecule has 0 fully saturated rings. The summed E-state index contributed by atoms with van der Waals surface area (Å²) in [5.74, 6) is 1.09. The standard InChI is InChI=1S/C18H21N3O2S/c1-2-18-20-16-11-14(12-24(22)23)5-8-17(16)21(18)15-6-3-13(4-7-15)9-10-19/h3-8,11H,2,9-10,12,19H2,1H3,(H,22,23). The zero-order valence-electron chi connectivity index (χ0n) is 13.6. The molecule has 24 heavy (non-hydrogen) atoms. The lowest BCUT2D eigenvalue weighted by Gasteiger charge is -2.09. The Labute approximate surface area is 143 Å². The van der Waals surface area contributed by atoms with Crippen LogP contribution < -0.4 is 5.73 Å². The highest BCUT2D eigenvalue weighted by atomic mass is 32.2. The summed E-state index contributed by atoms with van der Waals surface area (Å²) in [6.07, 6.45) is 1.67. The highest BCUT2D eigenvalue weighted by Gasteiger charge is 2.12. The molecule has 0 amide bonds. The van der Waals surface area contributed by atoms with Gasteiger partial charge >= 0.3 is 0 Å². The number of nitrogens with two attached hydrogens (primary N) is 1. The fraction of sp³-hybridized carbons (Fsp3) is 0.278. The monoisotopic (exact) mass is 343 g/mol. The van der Waals surface area contributed by atoms with Gasteiger partial charge in [0.2, 0.25) is 0 Å². The zero-order valence-corrected chi connectivity index (χ0v) is 14.4. The average molecular weight is 343 g/mol. The maximum Gasteiger partial charge on any atom is 0.157 e. The van der Waals surface area contributed by atoms with Crippen molar-refractivity contribution in [3.63, 3.8) is 0 Å². The van der Waals surface area contributed by atoms with Gasteiger partial charge in [-0.25, -0.2) is 9.19 Å². The van der Waals surface area contributed by atoms with Crippen molar-refractivity contribution >= 4 is 22.1 Å². The number of fused-ring (bicyclic) bond motifs is 1. The molecule has 0 radical (unpaired) electrons. The Morgan fingerprint density at radius 3 is 2.50 bits per heavy atom. The van der Waals surface area contributed by atoms with Gasteiger partial charge in [-0.05, 0) is 48.4 Å². The van der Waals surface area contributed by atoms with Gasteiger partial charge in [0.05, 0.1) is 16.8 Å². The van der Waals surface area contributed by atoms with Gasteiger partial charge in [-0.15, -0.1) is 0 Å². The van der Waals surface area contributed by atoms with Gasteiger partial charge < -0.3 is 10.3 Å². The van der Waals surface area contributed by atoms with Crippen molar-refractivity contribution in [2.24, 2.45) is 5.73 Å². The van der Waals surface area contributed by atoms with Crippen molar-refractivity contribution in [2.75, 3.05) is 6.54 Å². The van der Waals surface area contributed by atoms with Gasteiger partial charge in [0, 0.05) is 12.1 Å². The number of rotatable bonds is 6. The molecule has 0 spiro atoms. The van der Waals surface area contributed by atoms with E-state index in [1.807, 2.05) is 18.2 Å². The molecule has 0 saturated carbocycles. The number of aryl methyl sites for hydroxylation is 1. The van der Waals surface area contributed by atoms with Gasteiger partial charge in [-0.3, -0.25) is 4.57 Å². The van der Waals surface area contributed by atoms with E-state index in [4.69, 9.17) is 15.3 Å². The normalized spacial score (nSPS) is 12.6. The van der Waals surface area contributed by atoms with Gasteiger partial charge in [0.15, 0.2) is 11.1 Å².